The average molecular weight is 574 g/mol. The molecule has 206 valence electrons. The lowest BCUT2D eigenvalue weighted by Crippen LogP contribution is -2.13. The van der Waals surface area contributed by atoms with E-state index in [1.165, 1.54) is 24.3 Å². The van der Waals surface area contributed by atoms with Crippen molar-refractivity contribution in [2.24, 2.45) is 0 Å². The minimum absolute atomic E-state index is 0.0113. The zero-order valence-corrected chi connectivity index (χ0v) is 20.8. The Morgan fingerprint density at radius 3 is 1.17 bits per heavy atom. The Balaban J connectivity index is 2.01. The highest BCUT2D eigenvalue weighted by molar-refractivity contribution is 5.96. The Hall–Kier alpha value is -5.98. The Morgan fingerprint density at radius 1 is 0.571 bits per heavy atom. The summed E-state index contributed by atoms with van der Waals surface area (Å²) in [5.41, 5.74) is -2.68. The Labute approximate surface area is 233 Å². The lowest BCUT2D eigenvalue weighted by molar-refractivity contribution is -0.138. The number of halogens is 6. The van der Waals surface area contributed by atoms with Gasteiger partial charge in [-0.25, -0.2) is 20.2 Å². The molecule has 0 fully saturated rings. The van der Waals surface area contributed by atoms with E-state index in [-0.39, 0.29) is 44.2 Å². The van der Waals surface area contributed by atoms with Gasteiger partial charge in [0.15, 0.2) is 0 Å². The monoisotopic (exact) mass is 574 g/mol. The van der Waals surface area contributed by atoms with Gasteiger partial charge in [-0.15, -0.1) is 0 Å². The number of nitriles is 2. The molecule has 0 heterocycles. The summed E-state index contributed by atoms with van der Waals surface area (Å²) in [5, 5.41) is 19.3. The third-order valence-corrected chi connectivity index (χ3v) is 5.85. The molecule has 0 N–H and O–H groups in total. The minimum Gasteiger partial charge on any atom is -0.457 e. The van der Waals surface area contributed by atoms with E-state index in [0.29, 0.717) is 0 Å². The summed E-state index contributed by atoms with van der Waals surface area (Å²) < 4.78 is 90.1. The van der Waals surface area contributed by atoms with Crippen LogP contribution >= 0.6 is 0 Å². The summed E-state index contributed by atoms with van der Waals surface area (Å²) in [6.07, 6.45) is -9.21. The molecule has 4 aromatic carbocycles. The van der Waals surface area contributed by atoms with Gasteiger partial charge >= 0.3 is 12.4 Å². The van der Waals surface area contributed by atoms with Crippen LogP contribution in [0.15, 0.2) is 72.8 Å². The number of fused-ring (bicyclic) bond motifs is 1. The molecule has 0 radical (unpaired) electrons. The SMILES string of the molecule is [C-]#[N+]C(C#N)=c1ccc2c(Oc3ccc(C(F)(F)F)cc3)c(=C(C#N)[N+]#[C-])ccc2c1Oc1ccc(C(F)(F)F)cc1. The fourth-order valence-electron chi connectivity index (χ4n) is 3.89. The number of nitrogens with zero attached hydrogens (tertiary/aromatic N) is 4. The van der Waals surface area contributed by atoms with Gasteiger partial charge in [-0.05, 0) is 48.5 Å². The van der Waals surface area contributed by atoms with E-state index in [1.54, 1.807) is 12.1 Å². The molecular weight excluding hydrogens is 562 g/mol. The van der Waals surface area contributed by atoms with Crippen LogP contribution in [0.5, 0.6) is 23.0 Å². The summed E-state index contributed by atoms with van der Waals surface area (Å²) >= 11 is 0. The molecule has 0 atom stereocenters. The molecule has 0 bridgehead atoms. The van der Waals surface area contributed by atoms with Crippen LogP contribution in [0.4, 0.5) is 26.3 Å². The molecular formula is C30H12F6N4O2. The number of benzene rings is 4. The molecule has 0 spiro atoms. The lowest BCUT2D eigenvalue weighted by atomic mass is 10.0. The molecule has 0 saturated heterocycles. The van der Waals surface area contributed by atoms with E-state index in [4.69, 9.17) is 22.6 Å². The van der Waals surface area contributed by atoms with Gasteiger partial charge in [0.05, 0.1) is 36.4 Å². The maximum absolute atomic E-state index is 13.1. The summed E-state index contributed by atoms with van der Waals surface area (Å²) in [6.45, 7) is 14.8. The van der Waals surface area contributed by atoms with Gasteiger partial charge < -0.3 is 9.47 Å². The molecule has 0 aliphatic carbocycles. The number of hydrogen-bond donors (Lipinski definition) is 0. The molecule has 0 unspecified atom stereocenters. The molecule has 0 aliphatic heterocycles. The predicted molar refractivity (Wildman–Crippen MR) is 137 cm³/mol. The first-order chi connectivity index (χ1) is 19.9. The Bertz CT molecular complexity index is 1810. The number of hydrogen-bond acceptors (Lipinski definition) is 4. The van der Waals surface area contributed by atoms with Crippen LogP contribution in [0.1, 0.15) is 11.1 Å². The molecule has 4 rings (SSSR count). The van der Waals surface area contributed by atoms with Gasteiger partial charge in [0, 0.05) is 21.2 Å². The molecule has 0 aliphatic rings. The summed E-state index contributed by atoms with van der Waals surface area (Å²) in [4.78, 5) is 6.38. The van der Waals surface area contributed by atoms with Crippen molar-refractivity contribution in [2.45, 2.75) is 12.4 Å². The topological polar surface area (TPSA) is 74.8 Å². The van der Waals surface area contributed by atoms with Gasteiger partial charge in [-0.2, -0.15) is 26.3 Å². The van der Waals surface area contributed by atoms with Crippen LogP contribution in [0.2, 0.25) is 0 Å². The highest BCUT2D eigenvalue weighted by Gasteiger charge is 2.31. The van der Waals surface area contributed by atoms with Crippen LogP contribution in [0, 0.1) is 35.8 Å². The van der Waals surface area contributed by atoms with Crippen LogP contribution in [-0.2, 0) is 12.4 Å². The van der Waals surface area contributed by atoms with E-state index in [0.717, 1.165) is 48.5 Å². The van der Waals surface area contributed by atoms with E-state index >= 15 is 0 Å². The van der Waals surface area contributed by atoms with Crippen LogP contribution < -0.4 is 19.9 Å². The Kier molecular flexibility index (Phi) is 7.77. The fraction of sp³-hybridized carbons (Fsp3) is 0.0667. The highest BCUT2D eigenvalue weighted by Crippen LogP contribution is 2.36. The molecule has 0 aromatic heterocycles. The first kappa shape index (κ1) is 29.0. The number of ether oxygens (including phenoxy) is 2. The smallest absolute Gasteiger partial charge is 0.416 e. The number of rotatable bonds is 4. The van der Waals surface area contributed by atoms with Crippen LogP contribution in [0.25, 0.3) is 31.9 Å². The Morgan fingerprint density at radius 2 is 0.905 bits per heavy atom. The fourth-order valence-corrected chi connectivity index (χ4v) is 3.89. The van der Waals surface area contributed by atoms with Gasteiger partial charge in [-0.1, -0.05) is 24.3 Å². The third kappa shape index (κ3) is 5.79. The molecule has 12 heteroatoms. The van der Waals surface area contributed by atoms with Gasteiger partial charge in [0.1, 0.15) is 23.0 Å². The maximum atomic E-state index is 13.1. The van der Waals surface area contributed by atoms with Crippen molar-refractivity contribution in [3.05, 3.63) is 117 Å². The molecule has 6 nitrogen and oxygen atoms in total. The standard InChI is InChI=1S/C30H12F6N4O2/c1-39-25(15-37)23-13-11-22-21(27(23)41-19-7-3-17(4-8-19)29(31,32)33)12-14-24(26(16-38)40-2)28(22)42-20-9-5-18(6-10-20)30(34,35)36/h3-14H. The van der Waals surface area contributed by atoms with Crippen molar-refractivity contribution in [1.82, 2.24) is 0 Å². The molecule has 42 heavy (non-hydrogen) atoms. The summed E-state index contributed by atoms with van der Waals surface area (Å²) in [5.74, 6) is -0.382. The van der Waals surface area contributed by atoms with Crippen LogP contribution in [0.3, 0.4) is 0 Å². The van der Waals surface area contributed by atoms with E-state index in [1.807, 2.05) is 0 Å². The van der Waals surface area contributed by atoms with Crippen molar-refractivity contribution in [3.63, 3.8) is 0 Å². The molecule has 4 aromatic rings. The minimum atomic E-state index is -4.60. The van der Waals surface area contributed by atoms with E-state index < -0.39 is 34.9 Å². The zero-order valence-electron chi connectivity index (χ0n) is 20.8. The first-order valence-electron chi connectivity index (χ1n) is 11.5. The van der Waals surface area contributed by atoms with Crippen molar-refractivity contribution >= 4 is 22.2 Å². The number of alkyl halides is 6. The average Bonchev–Trinajstić information content (AvgIpc) is 2.95. The zero-order chi connectivity index (χ0) is 30.7. The van der Waals surface area contributed by atoms with Crippen LogP contribution in [-0.4, -0.2) is 0 Å². The summed E-state index contributed by atoms with van der Waals surface area (Å²) in [6, 6.07) is 16.2. The third-order valence-electron chi connectivity index (χ3n) is 5.85. The van der Waals surface area contributed by atoms with Gasteiger partial charge in [0.2, 0.25) is 0 Å². The van der Waals surface area contributed by atoms with Crippen molar-refractivity contribution in [2.75, 3.05) is 0 Å². The quantitative estimate of drug-likeness (QED) is 0.186. The largest absolute Gasteiger partial charge is 0.457 e. The van der Waals surface area contributed by atoms with Crippen molar-refractivity contribution < 1.29 is 35.8 Å². The van der Waals surface area contributed by atoms with Crippen molar-refractivity contribution in [1.29, 1.82) is 10.5 Å². The van der Waals surface area contributed by atoms with E-state index in [2.05, 4.69) is 9.69 Å². The predicted octanol–water partition coefficient (Wildman–Crippen LogP) is 7.56. The lowest BCUT2D eigenvalue weighted by Gasteiger charge is -2.16. The highest BCUT2D eigenvalue weighted by atomic mass is 19.4. The molecule has 0 saturated carbocycles. The second-order valence-corrected chi connectivity index (χ2v) is 8.37. The van der Waals surface area contributed by atoms with Crippen molar-refractivity contribution in [3.8, 4) is 35.1 Å². The van der Waals surface area contributed by atoms with Gasteiger partial charge in [0.25, 0.3) is 11.4 Å². The second-order valence-electron chi connectivity index (χ2n) is 8.37. The summed E-state index contributed by atoms with van der Waals surface area (Å²) in [7, 11) is 0. The van der Waals surface area contributed by atoms with E-state index in [9.17, 15) is 36.9 Å². The molecule has 0 amide bonds. The second kappa shape index (κ2) is 11.3. The van der Waals surface area contributed by atoms with Gasteiger partial charge in [-0.3, -0.25) is 0 Å². The maximum Gasteiger partial charge on any atom is 0.416 e. The first-order valence-corrected chi connectivity index (χ1v) is 11.5. The normalized spacial score (nSPS) is 12.7.